The number of hydrogen-bond donors (Lipinski definition) is 0. The van der Waals surface area contributed by atoms with Crippen LogP contribution in [-0.2, 0) is 4.74 Å². The van der Waals surface area contributed by atoms with Crippen LogP contribution in [0.3, 0.4) is 0 Å². The minimum absolute atomic E-state index is 0.0417. The Labute approximate surface area is 102 Å². The van der Waals surface area contributed by atoms with E-state index < -0.39 is 0 Å². The molecule has 17 heavy (non-hydrogen) atoms. The highest BCUT2D eigenvalue weighted by Gasteiger charge is 2.08. The summed E-state index contributed by atoms with van der Waals surface area (Å²) in [6.45, 7) is 5.31. The SMILES string of the molecule is CCCCOCCOc1ncccc1C(C)=O. The van der Waals surface area contributed by atoms with E-state index in [9.17, 15) is 4.79 Å². The lowest BCUT2D eigenvalue weighted by molar-refractivity contribution is 0.0934. The highest BCUT2D eigenvalue weighted by molar-refractivity contribution is 5.96. The van der Waals surface area contributed by atoms with Crippen molar-refractivity contribution in [1.82, 2.24) is 4.98 Å². The van der Waals surface area contributed by atoms with Crippen molar-refractivity contribution in [2.24, 2.45) is 0 Å². The second-order valence-corrected chi connectivity index (χ2v) is 3.73. The van der Waals surface area contributed by atoms with Crippen molar-refractivity contribution >= 4 is 5.78 Å². The fourth-order valence-corrected chi connectivity index (χ4v) is 1.32. The molecule has 4 heteroatoms. The van der Waals surface area contributed by atoms with Crippen LogP contribution in [0.1, 0.15) is 37.0 Å². The number of hydrogen-bond acceptors (Lipinski definition) is 4. The first-order valence-electron chi connectivity index (χ1n) is 5.92. The van der Waals surface area contributed by atoms with Crippen LogP contribution < -0.4 is 4.74 Å². The van der Waals surface area contributed by atoms with Crippen LogP contribution in [0, 0.1) is 0 Å². The molecule has 1 aromatic heterocycles. The van der Waals surface area contributed by atoms with Gasteiger partial charge in [0.2, 0.25) is 5.88 Å². The summed E-state index contributed by atoms with van der Waals surface area (Å²) >= 11 is 0. The maximum Gasteiger partial charge on any atom is 0.224 e. The Balaban J connectivity index is 2.34. The maximum atomic E-state index is 11.3. The number of Topliss-reactive ketones (excluding diaryl/α,β-unsaturated/α-hetero) is 1. The molecule has 0 atom stereocenters. The van der Waals surface area contributed by atoms with Gasteiger partial charge in [-0.15, -0.1) is 0 Å². The smallest absolute Gasteiger partial charge is 0.224 e. The molecule has 0 aliphatic carbocycles. The lowest BCUT2D eigenvalue weighted by Gasteiger charge is -2.08. The van der Waals surface area contributed by atoms with E-state index >= 15 is 0 Å². The van der Waals surface area contributed by atoms with E-state index in [1.54, 1.807) is 18.3 Å². The lowest BCUT2D eigenvalue weighted by Crippen LogP contribution is -2.10. The molecule has 1 aromatic rings. The summed E-state index contributed by atoms with van der Waals surface area (Å²) in [5, 5.41) is 0. The number of aromatic nitrogens is 1. The van der Waals surface area contributed by atoms with Gasteiger partial charge in [-0.05, 0) is 25.5 Å². The summed E-state index contributed by atoms with van der Waals surface area (Å²) in [5.74, 6) is 0.346. The van der Waals surface area contributed by atoms with Crippen molar-refractivity contribution in [3.8, 4) is 5.88 Å². The predicted molar refractivity (Wildman–Crippen MR) is 65.5 cm³/mol. The Kier molecular flexibility index (Phi) is 6.25. The number of rotatable bonds is 8. The normalized spacial score (nSPS) is 10.2. The molecule has 0 radical (unpaired) electrons. The summed E-state index contributed by atoms with van der Waals surface area (Å²) in [4.78, 5) is 15.3. The van der Waals surface area contributed by atoms with Crippen molar-refractivity contribution in [2.45, 2.75) is 26.7 Å². The fourth-order valence-electron chi connectivity index (χ4n) is 1.32. The zero-order valence-electron chi connectivity index (χ0n) is 10.4. The Morgan fingerprint density at radius 2 is 2.18 bits per heavy atom. The van der Waals surface area contributed by atoms with Gasteiger partial charge in [-0.3, -0.25) is 4.79 Å². The first kappa shape index (κ1) is 13.6. The molecule has 0 bridgehead atoms. The van der Waals surface area contributed by atoms with E-state index in [0.717, 1.165) is 19.4 Å². The predicted octanol–water partition coefficient (Wildman–Crippen LogP) is 2.48. The van der Waals surface area contributed by atoms with Crippen molar-refractivity contribution in [1.29, 1.82) is 0 Å². The molecule has 4 nitrogen and oxygen atoms in total. The molecule has 0 spiro atoms. The molecule has 0 aliphatic rings. The van der Waals surface area contributed by atoms with Gasteiger partial charge >= 0.3 is 0 Å². The summed E-state index contributed by atoms with van der Waals surface area (Å²) < 4.78 is 10.8. The van der Waals surface area contributed by atoms with Crippen LogP contribution in [0.5, 0.6) is 5.88 Å². The van der Waals surface area contributed by atoms with Crippen LogP contribution in [0.2, 0.25) is 0 Å². The molecule has 0 aliphatic heterocycles. The summed E-state index contributed by atoms with van der Waals surface area (Å²) in [6.07, 6.45) is 3.79. The van der Waals surface area contributed by atoms with Gasteiger partial charge in [0.1, 0.15) is 6.61 Å². The highest BCUT2D eigenvalue weighted by atomic mass is 16.5. The zero-order chi connectivity index (χ0) is 12.5. The molecule has 0 saturated heterocycles. The Morgan fingerprint density at radius 1 is 1.35 bits per heavy atom. The molecule has 1 heterocycles. The maximum absolute atomic E-state index is 11.3. The van der Waals surface area contributed by atoms with Gasteiger partial charge in [0.25, 0.3) is 0 Å². The molecule has 0 unspecified atom stereocenters. The number of carbonyl (C=O) groups is 1. The van der Waals surface area contributed by atoms with Gasteiger partial charge in [-0.25, -0.2) is 4.98 Å². The minimum Gasteiger partial charge on any atom is -0.475 e. The monoisotopic (exact) mass is 237 g/mol. The van der Waals surface area contributed by atoms with E-state index in [1.807, 2.05) is 0 Å². The van der Waals surface area contributed by atoms with Crippen LogP contribution in [0.4, 0.5) is 0 Å². The largest absolute Gasteiger partial charge is 0.475 e. The molecule has 0 saturated carbocycles. The molecular weight excluding hydrogens is 218 g/mol. The van der Waals surface area contributed by atoms with Gasteiger partial charge in [-0.1, -0.05) is 13.3 Å². The van der Waals surface area contributed by atoms with Gasteiger partial charge in [0.05, 0.1) is 12.2 Å². The van der Waals surface area contributed by atoms with Crippen molar-refractivity contribution in [3.63, 3.8) is 0 Å². The van der Waals surface area contributed by atoms with Crippen molar-refractivity contribution < 1.29 is 14.3 Å². The average molecular weight is 237 g/mol. The highest BCUT2D eigenvalue weighted by Crippen LogP contribution is 2.14. The van der Waals surface area contributed by atoms with E-state index in [0.29, 0.717) is 24.7 Å². The van der Waals surface area contributed by atoms with E-state index in [1.165, 1.54) is 6.92 Å². The van der Waals surface area contributed by atoms with Crippen molar-refractivity contribution in [2.75, 3.05) is 19.8 Å². The van der Waals surface area contributed by atoms with E-state index in [-0.39, 0.29) is 5.78 Å². The molecule has 0 amide bonds. The average Bonchev–Trinajstić information content (AvgIpc) is 2.34. The minimum atomic E-state index is -0.0417. The van der Waals surface area contributed by atoms with Crippen LogP contribution in [0.15, 0.2) is 18.3 Å². The molecule has 0 aromatic carbocycles. The van der Waals surface area contributed by atoms with Gasteiger partial charge in [-0.2, -0.15) is 0 Å². The second kappa shape index (κ2) is 7.79. The summed E-state index contributed by atoms with van der Waals surface area (Å²) in [5.41, 5.74) is 0.515. The fraction of sp³-hybridized carbons (Fsp3) is 0.538. The third kappa shape index (κ3) is 4.95. The second-order valence-electron chi connectivity index (χ2n) is 3.73. The van der Waals surface area contributed by atoms with Gasteiger partial charge in [0, 0.05) is 12.8 Å². The van der Waals surface area contributed by atoms with E-state index in [4.69, 9.17) is 9.47 Å². The Morgan fingerprint density at radius 3 is 2.88 bits per heavy atom. The molecule has 94 valence electrons. The summed E-state index contributed by atoms with van der Waals surface area (Å²) in [7, 11) is 0. The first-order valence-corrected chi connectivity index (χ1v) is 5.92. The van der Waals surface area contributed by atoms with Crippen LogP contribution in [-0.4, -0.2) is 30.6 Å². The number of pyridine rings is 1. The van der Waals surface area contributed by atoms with Crippen LogP contribution in [0.25, 0.3) is 0 Å². The van der Waals surface area contributed by atoms with Crippen molar-refractivity contribution in [3.05, 3.63) is 23.9 Å². The molecule has 0 fully saturated rings. The third-order valence-corrected chi connectivity index (χ3v) is 2.26. The molecular formula is C13H19NO3. The Hall–Kier alpha value is -1.42. The number of nitrogens with zero attached hydrogens (tertiary/aromatic N) is 1. The van der Waals surface area contributed by atoms with Gasteiger partial charge in [0.15, 0.2) is 5.78 Å². The third-order valence-electron chi connectivity index (χ3n) is 2.26. The summed E-state index contributed by atoms with van der Waals surface area (Å²) in [6, 6.07) is 3.43. The zero-order valence-corrected chi connectivity index (χ0v) is 10.4. The van der Waals surface area contributed by atoms with Gasteiger partial charge < -0.3 is 9.47 Å². The lowest BCUT2D eigenvalue weighted by atomic mass is 10.2. The topological polar surface area (TPSA) is 48.4 Å². The number of carbonyl (C=O) groups excluding carboxylic acids is 1. The number of ketones is 1. The molecule has 0 N–H and O–H groups in total. The van der Waals surface area contributed by atoms with Crippen LogP contribution >= 0.6 is 0 Å². The number of ether oxygens (including phenoxy) is 2. The van der Waals surface area contributed by atoms with E-state index in [2.05, 4.69) is 11.9 Å². The Bertz CT molecular complexity index is 352. The quantitative estimate of drug-likeness (QED) is 0.515. The molecule has 1 rings (SSSR count). The standard InChI is InChI=1S/C13H19NO3/c1-3-4-8-16-9-10-17-13-12(11(2)15)6-5-7-14-13/h5-7H,3-4,8-10H2,1-2H3. The first-order chi connectivity index (χ1) is 8.25. The number of unbranched alkanes of at least 4 members (excludes halogenated alkanes) is 1.